The van der Waals surface area contributed by atoms with Gasteiger partial charge in [0.05, 0.1) is 30.2 Å². The topological polar surface area (TPSA) is 139 Å². The summed E-state index contributed by atoms with van der Waals surface area (Å²) in [5.41, 5.74) is 9.30. The van der Waals surface area contributed by atoms with Crippen LogP contribution in [0, 0.1) is 0 Å². The maximum Gasteiger partial charge on any atom is 0.269 e. The van der Waals surface area contributed by atoms with Gasteiger partial charge in [0, 0.05) is 42.2 Å². The van der Waals surface area contributed by atoms with E-state index in [-0.39, 0.29) is 25.2 Å². The first-order chi connectivity index (χ1) is 18.9. The molecule has 1 saturated heterocycles. The summed E-state index contributed by atoms with van der Waals surface area (Å²) in [7, 11) is 0. The predicted molar refractivity (Wildman–Crippen MR) is 139 cm³/mol. The Bertz CT molecular complexity index is 1580. The second kappa shape index (κ2) is 9.78. The largest absolute Gasteiger partial charge is 0.364 e. The summed E-state index contributed by atoms with van der Waals surface area (Å²) >= 11 is 0. The molecule has 198 valence electrons. The standard InChI is InChI=1S/C27H25FN8O3/c28-18-12-23(27(39)32-20-7-10-34-9-2-1-3-22(20)34)35(14-18)24(37)15-36-21-5-4-16(17-6-8-30-31-13-17)11-19(21)25(33-36)26(29)38/h1-6,8-9,11,13,18,23H,7,10,12,14-15H2,(H2,29,38)(H,32,39). The van der Waals surface area contributed by atoms with Gasteiger partial charge in [-0.15, -0.1) is 0 Å². The first kappa shape index (κ1) is 24.5. The Morgan fingerprint density at radius 3 is 2.79 bits per heavy atom. The van der Waals surface area contributed by atoms with Crippen molar-refractivity contribution in [3.8, 4) is 11.1 Å². The van der Waals surface area contributed by atoms with Crippen LogP contribution in [0.4, 0.5) is 4.39 Å². The van der Waals surface area contributed by atoms with Crippen molar-refractivity contribution in [2.24, 2.45) is 5.73 Å². The number of allylic oxidation sites excluding steroid dienone is 3. The molecular formula is C27H25FN8O3. The molecule has 3 amide bonds. The van der Waals surface area contributed by atoms with Crippen molar-refractivity contribution in [3.05, 3.63) is 78.2 Å². The number of amides is 3. The van der Waals surface area contributed by atoms with Crippen LogP contribution in [-0.2, 0) is 16.1 Å². The highest BCUT2D eigenvalue weighted by Crippen LogP contribution is 2.29. The van der Waals surface area contributed by atoms with Crippen molar-refractivity contribution < 1.29 is 18.8 Å². The molecule has 1 aromatic carbocycles. The Kier molecular flexibility index (Phi) is 6.14. The second-order valence-corrected chi connectivity index (χ2v) is 9.63. The minimum absolute atomic E-state index is 0.00884. The molecule has 6 rings (SSSR count). The van der Waals surface area contributed by atoms with E-state index in [2.05, 4.69) is 20.6 Å². The van der Waals surface area contributed by atoms with E-state index in [0.717, 1.165) is 29.1 Å². The van der Waals surface area contributed by atoms with E-state index in [4.69, 9.17) is 5.73 Å². The molecule has 5 heterocycles. The first-order valence-corrected chi connectivity index (χ1v) is 12.6. The molecule has 3 N–H and O–H groups in total. The first-order valence-electron chi connectivity index (χ1n) is 12.6. The number of carbonyl (C=O) groups excluding carboxylic acids is 3. The van der Waals surface area contributed by atoms with Crippen molar-refractivity contribution in [3.63, 3.8) is 0 Å². The van der Waals surface area contributed by atoms with Gasteiger partial charge in [0.1, 0.15) is 18.8 Å². The number of rotatable bonds is 6. The molecule has 0 saturated carbocycles. The summed E-state index contributed by atoms with van der Waals surface area (Å²) < 4.78 is 15.9. The number of benzene rings is 1. The lowest BCUT2D eigenvalue weighted by Gasteiger charge is -2.24. The number of nitrogens with one attached hydrogen (secondary N) is 1. The molecule has 12 heteroatoms. The normalized spacial score (nSPS) is 20.1. The summed E-state index contributed by atoms with van der Waals surface area (Å²) in [6.07, 6.45) is 10.0. The van der Waals surface area contributed by atoms with Crippen molar-refractivity contribution in [1.29, 1.82) is 0 Å². The summed E-state index contributed by atoms with van der Waals surface area (Å²) in [6.45, 7) is 0.253. The molecule has 0 radical (unpaired) electrons. The number of fused-ring (bicyclic) bond motifs is 2. The summed E-state index contributed by atoms with van der Waals surface area (Å²) in [4.78, 5) is 42.1. The molecule has 2 atom stereocenters. The van der Waals surface area contributed by atoms with Crippen LogP contribution in [0.1, 0.15) is 23.3 Å². The van der Waals surface area contributed by atoms with Gasteiger partial charge in [0.15, 0.2) is 5.69 Å². The third-order valence-corrected chi connectivity index (χ3v) is 7.19. The van der Waals surface area contributed by atoms with E-state index >= 15 is 0 Å². The number of halogens is 1. The van der Waals surface area contributed by atoms with Gasteiger partial charge in [-0.3, -0.25) is 19.1 Å². The number of carbonyl (C=O) groups is 3. The fraction of sp³-hybridized carbons (Fsp3) is 0.259. The number of nitrogens with two attached hydrogens (primary N) is 1. The van der Waals surface area contributed by atoms with Gasteiger partial charge in [-0.2, -0.15) is 15.3 Å². The zero-order valence-electron chi connectivity index (χ0n) is 20.8. The van der Waals surface area contributed by atoms with E-state index in [1.165, 1.54) is 9.58 Å². The molecule has 11 nitrogen and oxygen atoms in total. The van der Waals surface area contributed by atoms with Crippen molar-refractivity contribution in [1.82, 2.24) is 35.1 Å². The lowest BCUT2D eigenvalue weighted by atomic mass is 10.0. The third-order valence-electron chi connectivity index (χ3n) is 7.19. The molecule has 0 bridgehead atoms. The lowest BCUT2D eigenvalue weighted by molar-refractivity contribution is -0.138. The number of alkyl halides is 1. The van der Waals surface area contributed by atoms with Gasteiger partial charge in [-0.1, -0.05) is 12.1 Å². The summed E-state index contributed by atoms with van der Waals surface area (Å²) in [6, 6.07) is 6.11. The van der Waals surface area contributed by atoms with E-state index in [9.17, 15) is 18.8 Å². The van der Waals surface area contributed by atoms with Crippen LogP contribution in [0.15, 0.2) is 72.5 Å². The Balaban J connectivity index is 1.24. The molecule has 3 aliphatic heterocycles. The molecule has 0 aliphatic carbocycles. The summed E-state index contributed by atoms with van der Waals surface area (Å²) in [5, 5.41) is 15.3. The van der Waals surface area contributed by atoms with E-state index in [0.29, 0.717) is 17.3 Å². The lowest BCUT2D eigenvalue weighted by Crippen LogP contribution is -2.46. The number of primary amides is 1. The van der Waals surface area contributed by atoms with Gasteiger partial charge >= 0.3 is 0 Å². The maximum absolute atomic E-state index is 14.5. The van der Waals surface area contributed by atoms with E-state index in [1.807, 2.05) is 35.4 Å². The molecule has 2 aromatic heterocycles. The highest BCUT2D eigenvalue weighted by atomic mass is 19.1. The van der Waals surface area contributed by atoms with E-state index in [1.54, 1.807) is 30.6 Å². The number of hydrogen-bond acceptors (Lipinski definition) is 7. The van der Waals surface area contributed by atoms with E-state index < -0.39 is 29.9 Å². The van der Waals surface area contributed by atoms with Gasteiger partial charge in [0.2, 0.25) is 11.8 Å². The Morgan fingerprint density at radius 2 is 2.00 bits per heavy atom. The molecule has 2 unspecified atom stereocenters. The zero-order chi connectivity index (χ0) is 27.1. The van der Waals surface area contributed by atoms with Crippen LogP contribution in [0.5, 0.6) is 0 Å². The third kappa shape index (κ3) is 4.54. The van der Waals surface area contributed by atoms with Gasteiger partial charge in [0.25, 0.3) is 5.91 Å². The van der Waals surface area contributed by atoms with Crippen LogP contribution < -0.4 is 11.1 Å². The van der Waals surface area contributed by atoms with Crippen molar-refractivity contribution in [2.75, 3.05) is 13.1 Å². The fourth-order valence-electron chi connectivity index (χ4n) is 5.31. The van der Waals surface area contributed by atoms with Crippen LogP contribution >= 0.6 is 0 Å². The smallest absolute Gasteiger partial charge is 0.269 e. The summed E-state index contributed by atoms with van der Waals surface area (Å²) in [5.74, 6) is -1.65. The van der Waals surface area contributed by atoms with Gasteiger partial charge < -0.3 is 20.9 Å². The Labute approximate surface area is 222 Å². The fourth-order valence-corrected chi connectivity index (χ4v) is 5.31. The maximum atomic E-state index is 14.5. The van der Waals surface area contributed by atoms with Crippen LogP contribution in [-0.4, -0.2) is 72.8 Å². The number of nitrogens with zero attached hydrogens (tertiary/aromatic N) is 6. The number of hydrogen-bond donors (Lipinski definition) is 2. The number of aromatic nitrogens is 4. The SMILES string of the molecule is NC(=O)c1nn(CC(=O)N2CC(F)CC2C(=O)NC2=C3C=CC=CN3CC2)c2ccc(-c3ccnnc3)cc12. The monoisotopic (exact) mass is 528 g/mol. The predicted octanol–water partition coefficient (Wildman–Crippen LogP) is 1.65. The van der Waals surface area contributed by atoms with Gasteiger partial charge in [-0.05, 0) is 35.9 Å². The molecule has 3 aromatic rings. The van der Waals surface area contributed by atoms with Crippen LogP contribution in [0.2, 0.25) is 0 Å². The van der Waals surface area contributed by atoms with Crippen molar-refractivity contribution >= 4 is 28.6 Å². The quantitative estimate of drug-likeness (QED) is 0.496. The van der Waals surface area contributed by atoms with Crippen LogP contribution in [0.25, 0.3) is 22.0 Å². The minimum atomic E-state index is -1.33. The Morgan fingerprint density at radius 1 is 1.13 bits per heavy atom. The molecule has 0 spiro atoms. The molecule has 3 aliphatic rings. The van der Waals surface area contributed by atoms with Crippen LogP contribution in [0.3, 0.4) is 0 Å². The zero-order valence-corrected chi connectivity index (χ0v) is 20.8. The highest BCUT2D eigenvalue weighted by molar-refractivity contribution is 6.05. The highest BCUT2D eigenvalue weighted by Gasteiger charge is 2.40. The number of likely N-dealkylation sites (tertiary alicyclic amines) is 1. The molecule has 1 fully saturated rings. The Hall–Kier alpha value is -4.87. The second-order valence-electron chi connectivity index (χ2n) is 9.63. The average molecular weight is 529 g/mol. The molecular weight excluding hydrogens is 503 g/mol. The van der Waals surface area contributed by atoms with Crippen molar-refractivity contribution in [2.45, 2.75) is 31.6 Å². The molecule has 39 heavy (non-hydrogen) atoms. The van der Waals surface area contributed by atoms with Gasteiger partial charge in [-0.25, -0.2) is 4.39 Å². The average Bonchev–Trinajstić information content (AvgIpc) is 3.64. The minimum Gasteiger partial charge on any atom is -0.364 e.